The number of nitrogens with one attached hydrogen (secondary N) is 1. The predicted octanol–water partition coefficient (Wildman–Crippen LogP) is 4.08. The van der Waals surface area contributed by atoms with Crippen molar-refractivity contribution in [2.75, 3.05) is 11.3 Å². The molecule has 0 unspecified atom stereocenters. The first-order chi connectivity index (χ1) is 11.9. The van der Waals surface area contributed by atoms with Crippen molar-refractivity contribution in [3.8, 4) is 0 Å². The van der Waals surface area contributed by atoms with Gasteiger partial charge in [-0.25, -0.2) is 13.4 Å². The highest BCUT2D eigenvalue weighted by atomic mass is 35.5. The van der Waals surface area contributed by atoms with Gasteiger partial charge in [0.1, 0.15) is 5.82 Å². The summed E-state index contributed by atoms with van der Waals surface area (Å²) in [6, 6.07) is 8.30. The van der Waals surface area contributed by atoms with E-state index in [0.717, 1.165) is 17.9 Å². The number of rotatable bonds is 7. The molecule has 0 amide bonds. The fraction of sp³-hybridized carbons (Fsp3) is 0.389. The van der Waals surface area contributed by atoms with Crippen LogP contribution < -0.4 is 4.72 Å². The Morgan fingerprint density at radius 3 is 2.68 bits per heavy atom. The second kappa shape index (κ2) is 7.32. The number of aryl methyl sites for hydroxylation is 1. The molecule has 0 atom stereocenters. The smallest absolute Gasteiger partial charge is 0.263 e. The number of anilines is 1. The third-order valence-corrected chi connectivity index (χ3v) is 6.16. The average Bonchev–Trinajstić information content (AvgIpc) is 3.36. The zero-order valence-corrected chi connectivity index (χ0v) is 15.8. The molecule has 1 aliphatic carbocycles. The molecule has 1 N–H and O–H groups in total. The molecular formula is C18H21ClN2O3S. The van der Waals surface area contributed by atoms with Gasteiger partial charge in [-0.2, -0.15) is 0 Å². The van der Waals surface area contributed by atoms with Crippen LogP contribution >= 0.6 is 11.6 Å². The number of halogens is 1. The number of benzene rings is 1. The fourth-order valence-corrected chi connectivity index (χ4v) is 3.99. The van der Waals surface area contributed by atoms with Crippen molar-refractivity contribution in [2.45, 2.75) is 38.2 Å². The number of hydrogen-bond acceptors (Lipinski definition) is 4. The van der Waals surface area contributed by atoms with Gasteiger partial charge >= 0.3 is 0 Å². The molecule has 0 saturated heterocycles. The Bertz CT molecular complexity index is 880. The molecule has 1 heterocycles. The van der Waals surface area contributed by atoms with Crippen molar-refractivity contribution in [3.63, 3.8) is 0 Å². The second-order valence-electron chi connectivity index (χ2n) is 6.37. The molecule has 1 fully saturated rings. The summed E-state index contributed by atoms with van der Waals surface area (Å²) in [6.07, 6.45) is 2.50. The number of aromatic nitrogens is 1. The van der Waals surface area contributed by atoms with Crippen LogP contribution in [0.15, 0.2) is 35.2 Å². The molecular weight excluding hydrogens is 360 g/mol. The maximum Gasteiger partial charge on any atom is 0.263 e. The normalized spacial score (nSPS) is 14.5. The average molecular weight is 381 g/mol. The van der Waals surface area contributed by atoms with E-state index in [9.17, 15) is 8.42 Å². The van der Waals surface area contributed by atoms with Gasteiger partial charge in [0.2, 0.25) is 0 Å². The zero-order valence-electron chi connectivity index (χ0n) is 14.3. The van der Waals surface area contributed by atoms with Crippen molar-refractivity contribution >= 4 is 27.4 Å². The third-order valence-electron chi connectivity index (χ3n) is 4.25. The summed E-state index contributed by atoms with van der Waals surface area (Å²) >= 11 is 6.02. The van der Waals surface area contributed by atoms with Gasteiger partial charge in [-0.15, -0.1) is 0 Å². The highest BCUT2D eigenvalue weighted by molar-refractivity contribution is 7.92. The van der Waals surface area contributed by atoms with Crippen LogP contribution in [0.5, 0.6) is 0 Å². The summed E-state index contributed by atoms with van der Waals surface area (Å²) in [5.41, 5.74) is 2.22. The molecule has 25 heavy (non-hydrogen) atoms. The quantitative estimate of drug-likeness (QED) is 0.785. The largest absolute Gasteiger partial charge is 0.376 e. The van der Waals surface area contributed by atoms with Gasteiger partial charge in [0.25, 0.3) is 10.0 Å². The van der Waals surface area contributed by atoms with Crippen LogP contribution in [0.1, 0.15) is 29.7 Å². The first-order valence-electron chi connectivity index (χ1n) is 8.19. The maximum atomic E-state index is 12.6. The Morgan fingerprint density at radius 2 is 2.00 bits per heavy atom. The third kappa shape index (κ3) is 4.51. The minimum Gasteiger partial charge on any atom is -0.376 e. The summed E-state index contributed by atoms with van der Waals surface area (Å²) in [7, 11) is -3.74. The molecule has 1 saturated carbocycles. The first kappa shape index (κ1) is 18.2. The van der Waals surface area contributed by atoms with Gasteiger partial charge in [-0.1, -0.05) is 23.7 Å². The SMILES string of the molecule is Cc1nc(NS(=O)(=O)c2cccc(Cl)c2C)ccc1COCC1CC1. The Balaban J connectivity index is 1.73. The number of sulfonamides is 1. The standard InChI is InChI=1S/C18H21ClN2O3S/c1-12-16(19)4-3-5-17(12)25(22,23)21-18-9-8-15(13(2)20-18)11-24-10-14-6-7-14/h3-5,8-9,14H,6-7,10-11H2,1-2H3,(H,20,21). The van der Waals surface area contributed by atoms with Crippen LogP contribution in [0.25, 0.3) is 0 Å². The lowest BCUT2D eigenvalue weighted by atomic mass is 10.2. The minimum atomic E-state index is -3.74. The molecule has 2 aromatic rings. The topological polar surface area (TPSA) is 68.3 Å². The van der Waals surface area contributed by atoms with Crippen molar-refractivity contribution in [1.29, 1.82) is 0 Å². The van der Waals surface area contributed by atoms with E-state index >= 15 is 0 Å². The van der Waals surface area contributed by atoms with Gasteiger partial charge in [0.15, 0.2) is 0 Å². The lowest BCUT2D eigenvalue weighted by Crippen LogP contribution is -2.16. The van der Waals surface area contributed by atoms with E-state index in [0.29, 0.717) is 23.1 Å². The molecule has 0 aliphatic heterocycles. The Labute approximate surface area is 153 Å². The van der Waals surface area contributed by atoms with Gasteiger partial charge in [0, 0.05) is 17.3 Å². The van der Waals surface area contributed by atoms with Gasteiger partial charge in [-0.3, -0.25) is 4.72 Å². The van der Waals surface area contributed by atoms with E-state index in [1.54, 1.807) is 25.1 Å². The molecule has 0 radical (unpaired) electrons. The Morgan fingerprint density at radius 1 is 1.24 bits per heavy atom. The van der Waals surface area contributed by atoms with E-state index in [1.807, 2.05) is 13.0 Å². The number of ether oxygens (including phenoxy) is 1. The lowest BCUT2D eigenvalue weighted by molar-refractivity contribution is 0.110. The van der Waals surface area contributed by atoms with Gasteiger partial charge in [-0.05, 0) is 61.9 Å². The Kier molecular flexibility index (Phi) is 5.32. The van der Waals surface area contributed by atoms with Crippen LogP contribution in [-0.4, -0.2) is 20.0 Å². The van der Waals surface area contributed by atoms with E-state index in [2.05, 4.69) is 9.71 Å². The highest BCUT2D eigenvalue weighted by Gasteiger charge is 2.21. The van der Waals surface area contributed by atoms with Crippen molar-refractivity contribution < 1.29 is 13.2 Å². The molecule has 3 rings (SSSR count). The fourth-order valence-electron chi connectivity index (χ4n) is 2.49. The van der Waals surface area contributed by atoms with Crippen LogP contribution in [0, 0.1) is 19.8 Å². The zero-order chi connectivity index (χ0) is 18.0. The summed E-state index contributed by atoms with van der Waals surface area (Å²) in [6.45, 7) is 4.80. The van der Waals surface area contributed by atoms with E-state index < -0.39 is 10.0 Å². The van der Waals surface area contributed by atoms with Crippen LogP contribution in [-0.2, 0) is 21.4 Å². The number of hydrogen-bond donors (Lipinski definition) is 1. The van der Waals surface area contributed by atoms with E-state index in [1.165, 1.54) is 18.9 Å². The van der Waals surface area contributed by atoms with Crippen LogP contribution in [0.4, 0.5) is 5.82 Å². The molecule has 0 spiro atoms. The highest BCUT2D eigenvalue weighted by Crippen LogP contribution is 2.29. The molecule has 7 heteroatoms. The molecule has 1 aromatic carbocycles. The molecule has 0 bridgehead atoms. The second-order valence-corrected chi connectivity index (χ2v) is 8.43. The van der Waals surface area contributed by atoms with Crippen molar-refractivity contribution in [3.05, 3.63) is 52.2 Å². The summed E-state index contributed by atoms with van der Waals surface area (Å²) in [5, 5.41) is 0.412. The summed E-state index contributed by atoms with van der Waals surface area (Å²) < 4.78 is 33.4. The minimum absolute atomic E-state index is 0.149. The molecule has 5 nitrogen and oxygen atoms in total. The van der Waals surface area contributed by atoms with Gasteiger partial charge in [0.05, 0.1) is 11.5 Å². The first-order valence-corrected chi connectivity index (χ1v) is 10.0. The van der Waals surface area contributed by atoms with Crippen molar-refractivity contribution in [2.24, 2.45) is 5.92 Å². The predicted molar refractivity (Wildman–Crippen MR) is 98.4 cm³/mol. The summed E-state index contributed by atoms with van der Waals surface area (Å²) in [5.74, 6) is 0.989. The van der Waals surface area contributed by atoms with Crippen LogP contribution in [0.3, 0.4) is 0 Å². The van der Waals surface area contributed by atoms with Crippen molar-refractivity contribution in [1.82, 2.24) is 4.98 Å². The van der Waals surface area contributed by atoms with E-state index in [-0.39, 0.29) is 10.7 Å². The number of nitrogens with zero attached hydrogens (tertiary/aromatic N) is 1. The lowest BCUT2D eigenvalue weighted by Gasteiger charge is -2.12. The van der Waals surface area contributed by atoms with Gasteiger partial charge < -0.3 is 4.74 Å². The monoisotopic (exact) mass is 380 g/mol. The van der Waals surface area contributed by atoms with E-state index in [4.69, 9.17) is 16.3 Å². The van der Waals surface area contributed by atoms with Crippen LogP contribution in [0.2, 0.25) is 5.02 Å². The maximum absolute atomic E-state index is 12.6. The number of pyridine rings is 1. The molecule has 1 aliphatic rings. The molecule has 134 valence electrons. The summed E-state index contributed by atoms with van der Waals surface area (Å²) in [4.78, 5) is 4.50. The Hall–Kier alpha value is -1.63. The molecule has 1 aromatic heterocycles.